The molecule has 1 N–H and O–H groups in total. The van der Waals surface area contributed by atoms with E-state index in [0.717, 1.165) is 32.2 Å². The van der Waals surface area contributed by atoms with E-state index >= 15 is 0 Å². The van der Waals surface area contributed by atoms with Gasteiger partial charge in [0.25, 0.3) is 0 Å². The minimum atomic E-state index is 0.703. The topological polar surface area (TPSA) is 37.8 Å². The van der Waals surface area contributed by atoms with Crippen molar-refractivity contribution in [1.29, 1.82) is 0 Å². The highest BCUT2D eigenvalue weighted by Crippen LogP contribution is 2.32. The maximum Gasteiger partial charge on any atom is 0.174 e. The van der Waals surface area contributed by atoms with E-state index in [1.54, 1.807) is 11.8 Å². The first-order valence-corrected chi connectivity index (χ1v) is 8.17. The van der Waals surface area contributed by atoms with E-state index in [9.17, 15) is 0 Å². The second-order valence-corrected chi connectivity index (χ2v) is 7.10. The van der Waals surface area contributed by atoms with Gasteiger partial charge in [-0.2, -0.15) is 4.37 Å². The molecule has 3 rings (SSSR count). The second-order valence-electron chi connectivity index (χ2n) is 4.62. The van der Waals surface area contributed by atoms with Gasteiger partial charge >= 0.3 is 0 Å². The summed E-state index contributed by atoms with van der Waals surface area (Å²) in [5.74, 6) is 0.823. The Kier molecular flexibility index (Phi) is 4.07. The zero-order chi connectivity index (χ0) is 13.2. The van der Waals surface area contributed by atoms with Gasteiger partial charge in [0.1, 0.15) is 5.82 Å². The molecule has 1 saturated carbocycles. The van der Waals surface area contributed by atoms with Gasteiger partial charge in [0.15, 0.2) is 4.34 Å². The Bertz CT molecular complexity index is 581. The van der Waals surface area contributed by atoms with Crippen LogP contribution in [0.5, 0.6) is 0 Å². The molecule has 0 saturated heterocycles. The number of halogens is 1. The SMILES string of the molecule is Cc1nsc(Sc2ccc(CNC3CC3)c(Cl)c2)n1. The summed E-state index contributed by atoms with van der Waals surface area (Å²) in [5.41, 5.74) is 1.16. The lowest BCUT2D eigenvalue weighted by Crippen LogP contribution is -2.15. The minimum Gasteiger partial charge on any atom is -0.310 e. The number of aromatic nitrogens is 2. The maximum absolute atomic E-state index is 6.32. The summed E-state index contributed by atoms with van der Waals surface area (Å²) in [7, 11) is 0. The summed E-state index contributed by atoms with van der Waals surface area (Å²) in [6.07, 6.45) is 2.59. The lowest BCUT2D eigenvalue weighted by molar-refractivity contribution is 0.687. The molecular weight excluding hydrogens is 298 g/mol. The molecule has 100 valence electrons. The Hall–Kier alpha value is -0.620. The van der Waals surface area contributed by atoms with Crippen LogP contribution in [0.1, 0.15) is 24.2 Å². The van der Waals surface area contributed by atoms with Crippen LogP contribution in [0.25, 0.3) is 0 Å². The van der Waals surface area contributed by atoms with Gasteiger partial charge in [0.05, 0.1) is 0 Å². The van der Waals surface area contributed by atoms with E-state index in [0.29, 0.717) is 6.04 Å². The number of nitrogens with zero attached hydrogens (tertiary/aromatic N) is 2. The van der Waals surface area contributed by atoms with Crippen molar-refractivity contribution in [3.8, 4) is 0 Å². The summed E-state index contributed by atoms with van der Waals surface area (Å²) in [4.78, 5) is 5.45. The molecule has 0 bridgehead atoms. The first kappa shape index (κ1) is 13.4. The molecule has 0 aliphatic heterocycles. The molecule has 1 heterocycles. The Morgan fingerprint density at radius 3 is 2.95 bits per heavy atom. The highest BCUT2D eigenvalue weighted by atomic mass is 35.5. The van der Waals surface area contributed by atoms with Crippen LogP contribution in [0.4, 0.5) is 0 Å². The van der Waals surface area contributed by atoms with Crippen molar-refractivity contribution < 1.29 is 0 Å². The molecule has 19 heavy (non-hydrogen) atoms. The molecule has 6 heteroatoms. The van der Waals surface area contributed by atoms with Crippen molar-refractivity contribution in [3.05, 3.63) is 34.6 Å². The van der Waals surface area contributed by atoms with Gasteiger partial charge in [-0.25, -0.2) is 4.98 Å². The van der Waals surface area contributed by atoms with Crippen molar-refractivity contribution in [2.24, 2.45) is 0 Å². The zero-order valence-corrected chi connectivity index (χ0v) is 12.9. The Morgan fingerprint density at radius 2 is 2.32 bits per heavy atom. The highest BCUT2D eigenvalue weighted by molar-refractivity contribution is 8.01. The van der Waals surface area contributed by atoms with Crippen LogP contribution in [0, 0.1) is 6.92 Å². The smallest absolute Gasteiger partial charge is 0.174 e. The summed E-state index contributed by atoms with van der Waals surface area (Å²) in [6, 6.07) is 6.90. The summed E-state index contributed by atoms with van der Waals surface area (Å²) >= 11 is 9.35. The van der Waals surface area contributed by atoms with Crippen molar-refractivity contribution in [1.82, 2.24) is 14.7 Å². The van der Waals surface area contributed by atoms with Gasteiger partial charge in [-0.05, 0) is 49.0 Å². The largest absolute Gasteiger partial charge is 0.310 e. The third-order valence-electron chi connectivity index (χ3n) is 2.90. The molecule has 0 atom stereocenters. The fourth-order valence-corrected chi connectivity index (χ4v) is 3.67. The van der Waals surface area contributed by atoms with Gasteiger partial charge < -0.3 is 5.32 Å². The third kappa shape index (κ3) is 3.69. The van der Waals surface area contributed by atoms with Gasteiger partial charge in [0.2, 0.25) is 0 Å². The Labute approximate surface area is 126 Å². The number of hydrogen-bond acceptors (Lipinski definition) is 5. The number of nitrogens with one attached hydrogen (secondary N) is 1. The molecule has 0 unspecified atom stereocenters. The molecule has 1 aromatic heterocycles. The van der Waals surface area contributed by atoms with Crippen molar-refractivity contribution in [3.63, 3.8) is 0 Å². The lowest BCUT2D eigenvalue weighted by Gasteiger charge is -2.07. The van der Waals surface area contributed by atoms with Crippen LogP contribution >= 0.6 is 34.9 Å². The molecule has 0 spiro atoms. The van der Waals surface area contributed by atoms with E-state index in [2.05, 4.69) is 26.8 Å². The van der Waals surface area contributed by atoms with Crippen LogP contribution in [0.15, 0.2) is 27.4 Å². The molecule has 1 aromatic carbocycles. The first-order valence-electron chi connectivity index (χ1n) is 6.21. The molecule has 2 aromatic rings. The van der Waals surface area contributed by atoms with Gasteiger partial charge in [-0.15, -0.1) is 0 Å². The van der Waals surface area contributed by atoms with E-state index in [4.69, 9.17) is 11.6 Å². The van der Waals surface area contributed by atoms with Gasteiger partial charge in [-0.3, -0.25) is 0 Å². The van der Waals surface area contributed by atoms with Crippen molar-refractivity contribution in [2.45, 2.75) is 41.6 Å². The number of aryl methyl sites for hydroxylation is 1. The summed E-state index contributed by atoms with van der Waals surface area (Å²) in [5, 5.41) is 4.29. The number of hydrogen-bond donors (Lipinski definition) is 1. The predicted octanol–water partition coefficient (Wildman–Crippen LogP) is 3.90. The van der Waals surface area contributed by atoms with Crippen LogP contribution in [0.3, 0.4) is 0 Å². The van der Waals surface area contributed by atoms with E-state index in [1.807, 2.05) is 13.0 Å². The van der Waals surface area contributed by atoms with Gasteiger partial charge in [0, 0.05) is 22.5 Å². The fraction of sp³-hybridized carbons (Fsp3) is 0.385. The Morgan fingerprint density at radius 1 is 1.47 bits per heavy atom. The minimum absolute atomic E-state index is 0.703. The highest BCUT2D eigenvalue weighted by Gasteiger charge is 2.20. The summed E-state index contributed by atoms with van der Waals surface area (Å²) < 4.78 is 5.13. The van der Waals surface area contributed by atoms with Crippen LogP contribution < -0.4 is 5.32 Å². The average Bonchev–Trinajstić information content (AvgIpc) is 3.12. The lowest BCUT2D eigenvalue weighted by atomic mass is 10.2. The van der Waals surface area contributed by atoms with E-state index in [1.165, 1.54) is 24.4 Å². The van der Waals surface area contributed by atoms with Crippen molar-refractivity contribution >= 4 is 34.9 Å². The molecule has 0 amide bonds. The molecule has 1 aliphatic carbocycles. The molecule has 1 aliphatic rings. The molecular formula is C13H14ClN3S2. The molecule has 0 radical (unpaired) electrons. The summed E-state index contributed by atoms with van der Waals surface area (Å²) in [6.45, 7) is 2.76. The average molecular weight is 312 g/mol. The normalized spacial score (nSPS) is 14.8. The standard InChI is InChI=1S/C13H14ClN3S2/c1-8-16-13(19-17-8)18-11-5-2-9(12(14)6-11)7-15-10-3-4-10/h2,5-6,10,15H,3-4,7H2,1H3. The van der Waals surface area contributed by atoms with Crippen LogP contribution in [-0.2, 0) is 6.54 Å². The molecule has 1 fully saturated rings. The van der Waals surface area contributed by atoms with E-state index in [-0.39, 0.29) is 0 Å². The van der Waals surface area contributed by atoms with Crippen LogP contribution in [-0.4, -0.2) is 15.4 Å². The first-order chi connectivity index (χ1) is 9.20. The monoisotopic (exact) mass is 311 g/mol. The van der Waals surface area contributed by atoms with Crippen LogP contribution in [0.2, 0.25) is 5.02 Å². The Balaban J connectivity index is 1.67. The predicted molar refractivity (Wildman–Crippen MR) is 80.1 cm³/mol. The molecule has 3 nitrogen and oxygen atoms in total. The van der Waals surface area contributed by atoms with Crippen molar-refractivity contribution in [2.75, 3.05) is 0 Å². The van der Waals surface area contributed by atoms with E-state index < -0.39 is 0 Å². The fourth-order valence-electron chi connectivity index (χ4n) is 1.70. The maximum atomic E-state index is 6.32. The quantitative estimate of drug-likeness (QED) is 0.908. The number of rotatable bonds is 5. The zero-order valence-electron chi connectivity index (χ0n) is 10.5. The number of benzene rings is 1. The second kappa shape index (κ2) is 5.79. The van der Waals surface area contributed by atoms with Gasteiger partial charge in [-0.1, -0.05) is 29.4 Å². The third-order valence-corrected chi connectivity index (χ3v) is 5.08.